The van der Waals surface area contributed by atoms with Gasteiger partial charge in [-0.3, -0.25) is 15.0 Å². The van der Waals surface area contributed by atoms with Gasteiger partial charge in [-0.05, 0) is 48.6 Å². The lowest BCUT2D eigenvalue weighted by molar-refractivity contribution is -0.123. The summed E-state index contributed by atoms with van der Waals surface area (Å²) in [4.78, 5) is 25.7. The predicted molar refractivity (Wildman–Crippen MR) is 122 cm³/mol. The topological polar surface area (TPSA) is 86.3 Å². The maximum absolute atomic E-state index is 12.9. The Bertz CT molecular complexity index is 1050. The van der Waals surface area contributed by atoms with Crippen LogP contribution < -0.4 is 24.4 Å². The molecule has 0 aromatic heterocycles. The number of thiocarbonyl (C=S) groups is 1. The molecule has 1 saturated heterocycles. The number of hydrogen-bond donors (Lipinski definition) is 1. The monoisotopic (exact) mass is 460 g/mol. The van der Waals surface area contributed by atoms with E-state index in [0.29, 0.717) is 39.0 Å². The summed E-state index contributed by atoms with van der Waals surface area (Å²) in [6.07, 6.45) is 1.62. The van der Waals surface area contributed by atoms with Gasteiger partial charge in [0.25, 0.3) is 11.8 Å². The molecule has 1 N–H and O–H groups in total. The number of thioether (sulfide) groups is 1. The summed E-state index contributed by atoms with van der Waals surface area (Å²) in [5.41, 5.74) is 3.50. The van der Waals surface area contributed by atoms with E-state index >= 15 is 0 Å². The molecule has 1 aliphatic rings. The van der Waals surface area contributed by atoms with Crippen molar-refractivity contribution in [2.75, 3.05) is 28.4 Å². The number of amides is 2. The molecule has 0 spiro atoms. The lowest BCUT2D eigenvalue weighted by Gasteiger charge is -2.15. The SMILES string of the molecule is COc1ccc(C(=O)NN2C(=O)/C(=C\c3cc(OC)c(OC)cc3OC)SC2=S)cc1. The largest absolute Gasteiger partial charge is 0.497 e. The molecule has 162 valence electrons. The molecule has 0 bridgehead atoms. The average molecular weight is 461 g/mol. The van der Waals surface area contributed by atoms with Gasteiger partial charge in [0.05, 0.1) is 33.3 Å². The van der Waals surface area contributed by atoms with Crippen LogP contribution in [0.15, 0.2) is 41.3 Å². The second-order valence-electron chi connectivity index (χ2n) is 6.14. The maximum Gasteiger partial charge on any atom is 0.285 e. The van der Waals surface area contributed by atoms with Crippen LogP contribution in [0.2, 0.25) is 0 Å². The Morgan fingerprint density at radius 2 is 1.58 bits per heavy atom. The van der Waals surface area contributed by atoms with E-state index in [-0.39, 0.29) is 4.32 Å². The first-order valence-corrected chi connectivity index (χ1v) is 10.2. The van der Waals surface area contributed by atoms with Crippen LogP contribution in [0, 0.1) is 0 Å². The average Bonchev–Trinajstić information content (AvgIpc) is 3.05. The van der Waals surface area contributed by atoms with Gasteiger partial charge in [-0.1, -0.05) is 11.8 Å². The summed E-state index contributed by atoms with van der Waals surface area (Å²) in [6, 6.07) is 9.86. The van der Waals surface area contributed by atoms with Crippen molar-refractivity contribution in [3.05, 3.63) is 52.4 Å². The number of benzene rings is 2. The lowest BCUT2D eigenvalue weighted by atomic mass is 10.1. The number of methoxy groups -OCH3 is 4. The Balaban J connectivity index is 1.84. The van der Waals surface area contributed by atoms with Crippen molar-refractivity contribution in [3.8, 4) is 23.0 Å². The van der Waals surface area contributed by atoms with Gasteiger partial charge in [0, 0.05) is 17.2 Å². The Hall–Kier alpha value is -3.24. The molecule has 0 aliphatic carbocycles. The summed E-state index contributed by atoms with van der Waals surface area (Å²) in [6.45, 7) is 0. The summed E-state index contributed by atoms with van der Waals surface area (Å²) in [5, 5.41) is 1.05. The van der Waals surface area contributed by atoms with Crippen molar-refractivity contribution in [2.24, 2.45) is 0 Å². The van der Waals surface area contributed by atoms with Crippen LogP contribution in [0.25, 0.3) is 6.08 Å². The first-order chi connectivity index (χ1) is 14.9. The third-order valence-corrected chi connectivity index (χ3v) is 5.68. The molecule has 3 rings (SSSR count). The number of ether oxygens (including phenoxy) is 4. The molecular weight excluding hydrogens is 440 g/mol. The molecule has 1 fully saturated rings. The number of nitrogens with zero attached hydrogens (tertiary/aromatic N) is 1. The Morgan fingerprint density at radius 3 is 2.16 bits per heavy atom. The van der Waals surface area contributed by atoms with Crippen molar-refractivity contribution in [3.63, 3.8) is 0 Å². The minimum Gasteiger partial charge on any atom is -0.497 e. The fraction of sp³-hybridized carbons (Fsp3) is 0.190. The second kappa shape index (κ2) is 9.71. The zero-order chi connectivity index (χ0) is 22.5. The van der Waals surface area contributed by atoms with Crippen LogP contribution >= 0.6 is 24.0 Å². The summed E-state index contributed by atoms with van der Waals surface area (Å²) in [7, 11) is 6.09. The lowest BCUT2D eigenvalue weighted by Crippen LogP contribution is -2.44. The van der Waals surface area contributed by atoms with Gasteiger partial charge in [0.2, 0.25) is 0 Å². The summed E-state index contributed by atoms with van der Waals surface area (Å²) >= 11 is 6.35. The second-order valence-corrected chi connectivity index (χ2v) is 7.81. The highest BCUT2D eigenvalue weighted by molar-refractivity contribution is 8.26. The van der Waals surface area contributed by atoms with Crippen molar-refractivity contribution >= 4 is 46.2 Å². The quantitative estimate of drug-likeness (QED) is 0.498. The van der Waals surface area contributed by atoms with E-state index in [9.17, 15) is 9.59 Å². The van der Waals surface area contributed by atoms with Gasteiger partial charge >= 0.3 is 0 Å². The van der Waals surface area contributed by atoms with E-state index in [1.807, 2.05) is 0 Å². The van der Waals surface area contributed by atoms with E-state index in [0.717, 1.165) is 16.8 Å². The van der Waals surface area contributed by atoms with E-state index < -0.39 is 11.8 Å². The van der Waals surface area contributed by atoms with Crippen LogP contribution in [0.4, 0.5) is 0 Å². The molecule has 10 heteroatoms. The predicted octanol–water partition coefficient (Wildman–Crippen LogP) is 3.27. The minimum absolute atomic E-state index is 0.206. The van der Waals surface area contributed by atoms with Gasteiger partial charge in [-0.2, -0.15) is 5.01 Å². The van der Waals surface area contributed by atoms with Gasteiger partial charge in [0.15, 0.2) is 15.8 Å². The van der Waals surface area contributed by atoms with Crippen molar-refractivity contribution in [1.29, 1.82) is 0 Å². The number of nitrogens with one attached hydrogen (secondary N) is 1. The highest BCUT2D eigenvalue weighted by Gasteiger charge is 2.34. The van der Waals surface area contributed by atoms with Crippen molar-refractivity contribution < 1.29 is 28.5 Å². The van der Waals surface area contributed by atoms with E-state index in [4.69, 9.17) is 31.2 Å². The molecule has 0 radical (unpaired) electrons. The van der Waals surface area contributed by atoms with Crippen LogP contribution in [0.5, 0.6) is 23.0 Å². The first-order valence-electron chi connectivity index (χ1n) is 8.94. The number of hydrazine groups is 1. The molecule has 0 saturated carbocycles. The number of carbonyl (C=O) groups excluding carboxylic acids is 2. The van der Waals surface area contributed by atoms with Crippen LogP contribution in [-0.4, -0.2) is 49.6 Å². The van der Waals surface area contributed by atoms with Crippen LogP contribution in [0.3, 0.4) is 0 Å². The van der Waals surface area contributed by atoms with Gasteiger partial charge < -0.3 is 18.9 Å². The molecule has 2 amide bonds. The Morgan fingerprint density at radius 1 is 0.968 bits per heavy atom. The summed E-state index contributed by atoms with van der Waals surface area (Å²) < 4.78 is 21.3. The zero-order valence-electron chi connectivity index (χ0n) is 17.3. The molecule has 31 heavy (non-hydrogen) atoms. The summed E-state index contributed by atoms with van der Waals surface area (Å²) in [5.74, 6) is 1.17. The molecule has 2 aromatic carbocycles. The molecule has 0 atom stereocenters. The van der Waals surface area contributed by atoms with E-state index in [1.165, 1.54) is 28.4 Å². The standard InChI is InChI=1S/C21H20N2O6S2/c1-26-14-7-5-12(6-8-14)19(24)22-23-20(25)18(31-21(23)30)10-13-9-16(28-3)17(29-4)11-15(13)27-2/h5-11H,1-4H3,(H,22,24)/b18-10+. The molecule has 8 nitrogen and oxygen atoms in total. The van der Waals surface area contributed by atoms with E-state index in [2.05, 4.69) is 5.43 Å². The fourth-order valence-electron chi connectivity index (χ4n) is 2.78. The van der Waals surface area contributed by atoms with Gasteiger partial charge in [-0.25, -0.2) is 0 Å². The third kappa shape index (κ3) is 4.75. The number of hydrogen-bond acceptors (Lipinski definition) is 8. The Kier molecular flexibility index (Phi) is 7.03. The van der Waals surface area contributed by atoms with Gasteiger partial charge in [-0.15, -0.1) is 0 Å². The highest BCUT2D eigenvalue weighted by atomic mass is 32.2. The van der Waals surface area contributed by atoms with Crippen molar-refractivity contribution in [1.82, 2.24) is 10.4 Å². The molecule has 1 heterocycles. The van der Waals surface area contributed by atoms with Crippen LogP contribution in [0.1, 0.15) is 15.9 Å². The maximum atomic E-state index is 12.9. The number of carbonyl (C=O) groups is 2. The third-order valence-electron chi connectivity index (χ3n) is 4.38. The highest BCUT2D eigenvalue weighted by Crippen LogP contribution is 2.38. The molecule has 0 unspecified atom stereocenters. The zero-order valence-corrected chi connectivity index (χ0v) is 18.9. The molecular formula is C21H20N2O6S2. The van der Waals surface area contributed by atoms with E-state index in [1.54, 1.807) is 42.5 Å². The van der Waals surface area contributed by atoms with Gasteiger partial charge in [0.1, 0.15) is 11.5 Å². The molecule has 2 aromatic rings. The number of rotatable bonds is 7. The first kappa shape index (κ1) is 22.4. The normalized spacial score (nSPS) is 14.6. The molecule has 1 aliphatic heterocycles. The van der Waals surface area contributed by atoms with Crippen LogP contribution in [-0.2, 0) is 4.79 Å². The van der Waals surface area contributed by atoms with Crippen molar-refractivity contribution in [2.45, 2.75) is 0 Å². The minimum atomic E-state index is -0.469. The fourth-order valence-corrected chi connectivity index (χ4v) is 3.95. The smallest absolute Gasteiger partial charge is 0.285 e. The Labute approximate surface area is 189 Å².